The monoisotopic (exact) mass is 580 g/mol. The van der Waals surface area contributed by atoms with E-state index >= 15 is 0 Å². The van der Waals surface area contributed by atoms with Crippen molar-refractivity contribution in [2.24, 2.45) is 0 Å². The number of rotatable bonds is 9. The molecule has 0 aliphatic carbocycles. The zero-order valence-electron chi connectivity index (χ0n) is 23.5. The fourth-order valence-electron chi connectivity index (χ4n) is 5.77. The molecule has 12 nitrogen and oxygen atoms in total. The number of carboxylic acids is 1. The van der Waals surface area contributed by atoms with Crippen molar-refractivity contribution in [1.29, 1.82) is 0 Å². The number of amides is 4. The molecule has 4 saturated heterocycles. The first-order chi connectivity index (χ1) is 20.4. The molecule has 12 heteroatoms. The summed E-state index contributed by atoms with van der Waals surface area (Å²) >= 11 is 0. The maximum absolute atomic E-state index is 12.4. The lowest BCUT2D eigenvalue weighted by atomic mass is 10.0. The van der Waals surface area contributed by atoms with Crippen LogP contribution in [0.2, 0.25) is 0 Å². The number of benzene rings is 2. The van der Waals surface area contributed by atoms with E-state index in [4.69, 9.17) is 19.5 Å². The summed E-state index contributed by atoms with van der Waals surface area (Å²) in [4.78, 5) is 61.9. The van der Waals surface area contributed by atoms with Crippen molar-refractivity contribution in [2.75, 3.05) is 19.7 Å². The van der Waals surface area contributed by atoms with Gasteiger partial charge in [0.15, 0.2) is 0 Å². The number of piperidine rings is 2. The molecule has 4 aliphatic heterocycles. The second-order valence-electron chi connectivity index (χ2n) is 10.6. The molecule has 0 aromatic heterocycles. The summed E-state index contributed by atoms with van der Waals surface area (Å²) in [5.41, 5.74) is 1.99. The number of hydrogen-bond donors (Lipinski definition) is 1. The summed E-state index contributed by atoms with van der Waals surface area (Å²) in [6.07, 6.45) is 2.52. The van der Waals surface area contributed by atoms with Gasteiger partial charge in [0.05, 0.1) is 18.7 Å². The zero-order valence-corrected chi connectivity index (χ0v) is 23.5. The molecule has 4 amide bonds. The average molecular weight is 581 g/mol. The van der Waals surface area contributed by atoms with Gasteiger partial charge in [0.2, 0.25) is 0 Å². The van der Waals surface area contributed by atoms with E-state index in [9.17, 15) is 19.2 Å². The largest absolute Gasteiger partial charge is 0.480 e. The molecular weight excluding hydrogens is 544 g/mol. The number of hydroxylamine groups is 4. The highest BCUT2D eigenvalue weighted by atomic mass is 16.7. The number of carbonyl (C=O) groups excluding carboxylic acids is 3. The fourth-order valence-corrected chi connectivity index (χ4v) is 5.77. The van der Waals surface area contributed by atoms with Gasteiger partial charge in [-0.05, 0) is 43.7 Å². The Balaban J connectivity index is 0.000000169. The highest BCUT2D eigenvalue weighted by molar-refractivity contribution is 5.86. The quantitative estimate of drug-likeness (QED) is 0.447. The van der Waals surface area contributed by atoms with Gasteiger partial charge in [0.25, 0.3) is 0 Å². The molecule has 1 N–H and O–H groups in total. The maximum atomic E-state index is 12.4. The van der Waals surface area contributed by atoms with E-state index in [-0.39, 0.29) is 30.1 Å². The van der Waals surface area contributed by atoms with Crippen LogP contribution in [0.25, 0.3) is 0 Å². The Labute approximate surface area is 244 Å². The van der Waals surface area contributed by atoms with Crippen LogP contribution >= 0.6 is 0 Å². The second kappa shape index (κ2) is 13.2. The first-order valence-electron chi connectivity index (χ1n) is 14.3. The minimum Gasteiger partial charge on any atom is -0.480 e. The Hall–Kier alpha value is -4.16. The lowest BCUT2D eigenvalue weighted by Gasteiger charge is -2.28. The Morgan fingerprint density at radius 1 is 0.738 bits per heavy atom. The van der Waals surface area contributed by atoms with Gasteiger partial charge in [-0.3, -0.25) is 9.68 Å². The molecule has 4 heterocycles. The van der Waals surface area contributed by atoms with Gasteiger partial charge < -0.3 is 19.6 Å². The number of nitrogens with zero attached hydrogens (tertiary/aromatic N) is 4. The molecule has 2 aromatic rings. The maximum Gasteiger partial charge on any atom is 0.345 e. The van der Waals surface area contributed by atoms with E-state index in [1.165, 1.54) is 15.0 Å². The van der Waals surface area contributed by atoms with Crippen molar-refractivity contribution >= 4 is 24.0 Å². The third kappa shape index (κ3) is 6.34. The number of ether oxygens (including phenoxy) is 1. The molecule has 4 atom stereocenters. The van der Waals surface area contributed by atoms with E-state index in [2.05, 4.69) is 0 Å². The standard InChI is InChI=1S/C16H20N2O4.C14H16N2O4/c1-2-21-15(19)14-9-8-13-10-17(14)16(20)18(13)22-11-12-6-4-3-5-7-12;17-13(18)12-7-6-11-8-15(12)14(19)16(11)20-9-10-4-2-1-3-5-10/h3-7,13-14H,2,8-11H2,1H3;1-5,11-12H,6-9H2,(H,17,18)/t13-,14-;11-,12-/m11/s1. The molecular formula is C30H36N4O8. The normalized spacial score (nSPS) is 24.4. The smallest absolute Gasteiger partial charge is 0.345 e. The van der Waals surface area contributed by atoms with Crippen molar-refractivity contribution in [2.45, 2.75) is 70.0 Å². The number of esters is 1. The van der Waals surface area contributed by atoms with Gasteiger partial charge >= 0.3 is 24.0 Å². The molecule has 224 valence electrons. The first-order valence-corrected chi connectivity index (χ1v) is 14.3. The van der Waals surface area contributed by atoms with Gasteiger partial charge in [-0.2, -0.15) is 10.1 Å². The van der Waals surface area contributed by atoms with Crippen LogP contribution in [0, 0.1) is 0 Å². The van der Waals surface area contributed by atoms with E-state index < -0.39 is 18.1 Å². The van der Waals surface area contributed by atoms with Crippen molar-refractivity contribution in [3.8, 4) is 0 Å². The summed E-state index contributed by atoms with van der Waals surface area (Å²) in [6.45, 7) is 3.72. The third-order valence-corrected chi connectivity index (χ3v) is 7.92. The fraction of sp³-hybridized carbons (Fsp3) is 0.467. The molecule has 2 aromatic carbocycles. The van der Waals surface area contributed by atoms with Crippen LogP contribution in [0.1, 0.15) is 43.7 Å². The average Bonchev–Trinajstić information content (AvgIpc) is 3.39. The zero-order chi connectivity index (χ0) is 29.6. The molecule has 6 rings (SSSR count). The van der Waals surface area contributed by atoms with Crippen LogP contribution in [-0.2, 0) is 37.2 Å². The summed E-state index contributed by atoms with van der Waals surface area (Å²) in [6, 6.07) is 17.5. The molecule has 42 heavy (non-hydrogen) atoms. The molecule has 0 unspecified atom stereocenters. The minimum absolute atomic E-state index is 0.0156. The number of urea groups is 2. The lowest BCUT2D eigenvalue weighted by Crippen LogP contribution is -2.45. The highest BCUT2D eigenvalue weighted by Crippen LogP contribution is 2.32. The van der Waals surface area contributed by atoms with Gasteiger partial charge in [-0.1, -0.05) is 60.7 Å². The van der Waals surface area contributed by atoms with Gasteiger partial charge in [0.1, 0.15) is 25.3 Å². The van der Waals surface area contributed by atoms with Crippen molar-refractivity contribution in [1.82, 2.24) is 19.9 Å². The molecule has 4 fully saturated rings. The van der Waals surface area contributed by atoms with Crippen LogP contribution in [0.4, 0.5) is 9.59 Å². The number of fused-ring (bicyclic) bond motifs is 4. The summed E-state index contributed by atoms with van der Waals surface area (Å²) in [7, 11) is 0. The van der Waals surface area contributed by atoms with Gasteiger partial charge in [-0.15, -0.1) is 0 Å². The Morgan fingerprint density at radius 2 is 1.19 bits per heavy atom. The number of carboxylic acid groups (broad SMARTS) is 1. The highest BCUT2D eigenvalue weighted by Gasteiger charge is 2.49. The summed E-state index contributed by atoms with van der Waals surface area (Å²) < 4.78 is 5.05. The minimum atomic E-state index is -0.943. The van der Waals surface area contributed by atoms with Crippen LogP contribution in [0.15, 0.2) is 60.7 Å². The van der Waals surface area contributed by atoms with Crippen LogP contribution in [0.3, 0.4) is 0 Å². The Morgan fingerprint density at radius 3 is 1.64 bits per heavy atom. The topological polar surface area (TPSA) is 129 Å². The van der Waals surface area contributed by atoms with Crippen molar-refractivity contribution in [3.05, 3.63) is 71.8 Å². The molecule has 0 spiro atoms. The predicted octanol–water partition coefficient (Wildman–Crippen LogP) is 3.42. The molecule has 0 saturated carbocycles. The molecule has 4 bridgehead atoms. The second-order valence-corrected chi connectivity index (χ2v) is 10.6. The Bertz CT molecular complexity index is 1260. The van der Waals surface area contributed by atoms with E-state index in [1.54, 1.807) is 11.8 Å². The van der Waals surface area contributed by atoms with Crippen molar-refractivity contribution in [3.63, 3.8) is 0 Å². The molecule has 4 aliphatic rings. The predicted molar refractivity (Wildman–Crippen MR) is 148 cm³/mol. The number of aliphatic carboxylic acids is 1. The number of hydrogen-bond acceptors (Lipinski definition) is 7. The van der Waals surface area contributed by atoms with E-state index in [0.29, 0.717) is 52.2 Å². The molecule has 0 radical (unpaired) electrons. The first kappa shape index (κ1) is 29.3. The van der Waals surface area contributed by atoms with Gasteiger partial charge in [0, 0.05) is 13.1 Å². The van der Waals surface area contributed by atoms with Gasteiger partial charge in [-0.25, -0.2) is 19.2 Å². The Kier molecular flexibility index (Phi) is 9.23. The van der Waals surface area contributed by atoms with E-state index in [0.717, 1.165) is 17.5 Å². The van der Waals surface area contributed by atoms with Crippen LogP contribution < -0.4 is 0 Å². The lowest BCUT2D eigenvalue weighted by molar-refractivity contribution is -0.149. The van der Waals surface area contributed by atoms with Crippen LogP contribution in [0.5, 0.6) is 0 Å². The summed E-state index contributed by atoms with van der Waals surface area (Å²) in [5, 5.41) is 11.9. The third-order valence-electron chi connectivity index (χ3n) is 7.92. The van der Waals surface area contributed by atoms with E-state index in [1.807, 2.05) is 60.7 Å². The van der Waals surface area contributed by atoms with Crippen molar-refractivity contribution < 1.29 is 38.7 Å². The summed E-state index contributed by atoms with van der Waals surface area (Å²) in [5.74, 6) is -1.26. The SMILES string of the molecule is CCOC(=O)[C@H]1CC[C@@H]2CN1C(=O)N2OCc1ccccc1.O=C(O)[C@H]1CC[C@@H]2CN1C(=O)N2OCc1ccccc1. The van der Waals surface area contributed by atoms with Crippen LogP contribution in [-0.4, -0.2) is 92.9 Å². The number of carbonyl (C=O) groups is 4.